The number of carbonyl (C=O) groups is 1. The maximum Gasteiger partial charge on any atom is 0.416 e. The first-order chi connectivity index (χ1) is 15.4. The molecule has 0 unspecified atom stereocenters. The second-order valence-electron chi connectivity index (χ2n) is 7.69. The van der Waals surface area contributed by atoms with E-state index in [1.165, 1.54) is 41.4 Å². The molecule has 0 saturated carbocycles. The Morgan fingerprint density at radius 3 is 2.73 bits per heavy atom. The first-order valence-electron chi connectivity index (χ1n) is 9.97. The third-order valence-electron chi connectivity index (χ3n) is 5.37. The number of sulfonamides is 1. The summed E-state index contributed by atoms with van der Waals surface area (Å²) in [7, 11) is -3.49. The number of amidine groups is 1. The number of aromatic nitrogens is 2. The molecule has 3 heterocycles. The lowest BCUT2D eigenvalue weighted by Gasteiger charge is -2.27. The Kier molecular flexibility index (Phi) is 5.64. The fraction of sp³-hybridized carbons (Fsp3) is 0.286. The Balaban J connectivity index is 1.51. The van der Waals surface area contributed by atoms with Crippen LogP contribution in [0.5, 0.6) is 0 Å². The molecule has 1 aromatic heterocycles. The molecular weight excluding hydrogens is 459 g/mol. The van der Waals surface area contributed by atoms with E-state index in [2.05, 4.69) is 14.8 Å². The van der Waals surface area contributed by atoms with Crippen LogP contribution in [-0.4, -0.2) is 47.1 Å². The van der Waals surface area contributed by atoms with Crippen LogP contribution in [0.2, 0.25) is 0 Å². The van der Waals surface area contributed by atoms with Gasteiger partial charge in [-0.25, -0.2) is 13.1 Å². The topological polar surface area (TPSA) is 96.7 Å². The summed E-state index contributed by atoms with van der Waals surface area (Å²) in [5.41, 5.74) is 1.04. The second kappa shape index (κ2) is 8.18. The molecule has 12 heteroatoms. The van der Waals surface area contributed by atoms with Crippen LogP contribution in [0.3, 0.4) is 0 Å². The zero-order chi connectivity index (χ0) is 24.0. The van der Waals surface area contributed by atoms with Crippen molar-refractivity contribution in [2.24, 2.45) is 4.40 Å². The van der Waals surface area contributed by atoms with Gasteiger partial charge in [0, 0.05) is 24.0 Å². The van der Waals surface area contributed by atoms with Crippen LogP contribution in [0.15, 0.2) is 58.8 Å². The molecule has 8 nitrogen and oxygen atoms in total. The molecule has 1 amide bonds. The normalized spacial score (nSPS) is 18.3. The van der Waals surface area contributed by atoms with Gasteiger partial charge in [0.1, 0.15) is 5.84 Å². The van der Waals surface area contributed by atoms with Gasteiger partial charge in [-0.3, -0.25) is 4.79 Å². The summed E-state index contributed by atoms with van der Waals surface area (Å²) in [4.78, 5) is 14.4. The Morgan fingerprint density at radius 1 is 1.24 bits per heavy atom. The molecule has 0 fully saturated rings. The Hall–Kier alpha value is -3.41. The fourth-order valence-corrected chi connectivity index (χ4v) is 4.58. The summed E-state index contributed by atoms with van der Waals surface area (Å²) in [6.07, 6.45) is 1.52. The van der Waals surface area contributed by atoms with Gasteiger partial charge in [0.15, 0.2) is 0 Å². The van der Waals surface area contributed by atoms with Gasteiger partial charge in [-0.15, -0.1) is 4.40 Å². The highest BCUT2D eigenvalue weighted by Gasteiger charge is 2.31. The highest BCUT2D eigenvalue weighted by Crippen LogP contribution is 2.31. The van der Waals surface area contributed by atoms with Crippen LogP contribution >= 0.6 is 0 Å². The van der Waals surface area contributed by atoms with Gasteiger partial charge in [0.2, 0.25) is 0 Å². The molecular formula is C21H20F3N5O3S. The number of hydrogen-bond donors (Lipinski definition) is 1. The molecule has 1 N–H and O–H groups in total. The molecule has 0 radical (unpaired) electrons. The van der Waals surface area contributed by atoms with E-state index < -0.39 is 33.7 Å². The van der Waals surface area contributed by atoms with Gasteiger partial charge >= 0.3 is 6.18 Å². The first kappa shape index (κ1) is 22.8. The third kappa shape index (κ3) is 4.70. The van der Waals surface area contributed by atoms with Crippen LogP contribution in [0.25, 0.3) is 5.69 Å². The molecule has 2 aliphatic rings. The Labute approximate surface area is 188 Å². The summed E-state index contributed by atoms with van der Waals surface area (Å²) < 4.78 is 67.5. The summed E-state index contributed by atoms with van der Waals surface area (Å²) in [5, 5.41) is 7.05. The van der Waals surface area contributed by atoms with Crippen molar-refractivity contribution in [1.29, 1.82) is 0 Å². The van der Waals surface area contributed by atoms with Gasteiger partial charge in [-0.05, 0) is 44.2 Å². The average molecular weight is 479 g/mol. The number of nitrogens with one attached hydrogen (secondary N) is 1. The van der Waals surface area contributed by atoms with Crippen molar-refractivity contribution in [1.82, 2.24) is 20.0 Å². The van der Waals surface area contributed by atoms with E-state index in [0.717, 1.165) is 12.1 Å². The van der Waals surface area contributed by atoms with Gasteiger partial charge < -0.3 is 10.2 Å². The van der Waals surface area contributed by atoms with Crippen molar-refractivity contribution in [2.45, 2.75) is 26.1 Å². The highest BCUT2D eigenvalue weighted by atomic mass is 32.2. The lowest BCUT2D eigenvalue weighted by atomic mass is 10.1. The largest absolute Gasteiger partial charge is 0.416 e. The van der Waals surface area contributed by atoms with E-state index in [0.29, 0.717) is 16.8 Å². The molecule has 0 aliphatic carbocycles. The minimum atomic E-state index is -4.47. The SMILES string of the molecule is Cc1c([C@H](C)NC(=O)C2=CN3CCS(=O)(=O)N=C3C=C2)cnn1-c1cccc(C(F)(F)F)c1. The zero-order valence-electron chi connectivity index (χ0n) is 17.7. The molecule has 2 aromatic rings. The molecule has 1 atom stereocenters. The van der Waals surface area contributed by atoms with Crippen molar-refractivity contribution >= 4 is 21.8 Å². The first-order valence-corrected chi connectivity index (χ1v) is 11.6. The highest BCUT2D eigenvalue weighted by molar-refractivity contribution is 7.90. The molecule has 2 aliphatic heterocycles. The number of carbonyl (C=O) groups excluding carboxylic acids is 1. The molecule has 174 valence electrons. The summed E-state index contributed by atoms with van der Waals surface area (Å²) in [6.45, 7) is 3.65. The molecule has 4 rings (SSSR count). The standard InChI is InChI=1S/C21H20F3N5O3S/c1-13(26-20(30)15-6-7-19-27-33(31,32)9-8-28(19)12-15)18-11-25-29(14(18)2)17-5-3-4-16(10-17)21(22,23)24/h3-7,10-13H,8-9H2,1-2H3,(H,26,30)/t13-/m0/s1. The number of alkyl halides is 3. The van der Waals surface area contributed by atoms with Gasteiger partial charge in [0.25, 0.3) is 15.9 Å². The molecule has 33 heavy (non-hydrogen) atoms. The number of hydrogen-bond acceptors (Lipinski definition) is 5. The van der Waals surface area contributed by atoms with E-state index in [1.807, 2.05) is 0 Å². The van der Waals surface area contributed by atoms with Crippen molar-refractivity contribution in [3.05, 3.63) is 71.2 Å². The quantitative estimate of drug-likeness (QED) is 0.728. The van der Waals surface area contributed by atoms with E-state index in [1.54, 1.807) is 18.7 Å². The summed E-state index contributed by atoms with van der Waals surface area (Å²) >= 11 is 0. The maximum atomic E-state index is 13.1. The molecule has 0 saturated heterocycles. The van der Waals surface area contributed by atoms with Crippen LogP contribution in [0.1, 0.15) is 29.8 Å². The molecule has 1 aromatic carbocycles. The summed E-state index contributed by atoms with van der Waals surface area (Å²) in [5.74, 6) is -0.276. The van der Waals surface area contributed by atoms with E-state index >= 15 is 0 Å². The minimum absolute atomic E-state index is 0.139. The Morgan fingerprint density at radius 2 is 2.00 bits per heavy atom. The number of amides is 1. The van der Waals surface area contributed by atoms with Crippen LogP contribution in [-0.2, 0) is 21.0 Å². The van der Waals surface area contributed by atoms with E-state index in [-0.39, 0.29) is 23.8 Å². The monoisotopic (exact) mass is 479 g/mol. The number of rotatable bonds is 4. The Bertz CT molecular complexity index is 1310. The fourth-order valence-electron chi connectivity index (χ4n) is 3.61. The van der Waals surface area contributed by atoms with Crippen LogP contribution in [0, 0.1) is 6.92 Å². The van der Waals surface area contributed by atoms with Crippen molar-refractivity contribution < 1.29 is 26.4 Å². The van der Waals surface area contributed by atoms with E-state index in [4.69, 9.17) is 0 Å². The number of nitrogens with zero attached hydrogens (tertiary/aromatic N) is 4. The van der Waals surface area contributed by atoms with Crippen molar-refractivity contribution in [2.75, 3.05) is 12.3 Å². The number of fused-ring (bicyclic) bond motifs is 1. The smallest absolute Gasteiger partial charge is 0.345 e. The molecule has 0 spiro atoms. The van der Waals surface area contributed by atoms with Gasteiger partial charge in [-0.1, -0.05) is 6.07 Å². The number of benzene rings is 1. The van der Waals surface area contributed by atoms with Crippen molar-refractivity contribution in [3.63, 3.8) is 0 Å². The van der Waals surface area contributed by atoms with E-state index in [9.17, 15) is 26.4 Å². The molecule has 0 bridgehead atoms. The number of halogens is 3. The van der Waals surface area contributed by atoms with Crippen LogP contribution < -0.4 is 5.32 Å². The zero-order valence-corrected chi connectivity index (χ0v) is 18.5. The van der Waals surface area contributed by atoms with Crippen molar-refractivity contribution in [3.8, 4) is 5.69 Å². The third-order valence-corrected chi connectivity index (χ3v) is 6.53. The minimum Gasteiger partial charge on any atom is -0.345 e. The summed E-state index contributed by atoms with van der Waals surface area (Å²) in [6, 6.07) is 4.37. The predicted molar refractivity (Wildman–Crippen MR) is 115 cm³/mol. The average Bonchev–Trinajstić information content (AvgIpc) is 3.13. The lowest BCUT2D eigenvalue weighted by molar-refractivity contribution is -0.137. The van der Waals surface area contributed by atoms with Gasteiger partial charge in [-0.2, -0.15) is 18.3 Å². The second-order valence-corrected chi connectivity index (χ2v) is 9.44. The maximum absolute atomic E-state index is 13.1. The van der Waals surface area contributed by atoms with Crippen LogP contribution in [0.4, 0.5) is 13.2 Å². The van der Waals surface area contributed by atoms with Gasteiger partial charge in [0.05, 0.1) is 34.8 Å². The lowest BCUT2D eigenvalue weighted by Crippen LogP contribution is -2.38. The predicted octanol–water partition coefficient (Wildman–Crippen LogP) is 2.87.